The third kappa shape index (κ3) is 5.04. The molecule has 0 N–H and O–H groups in total. The first-order chi connectivity index (χ1) is 13.2. The molecule has 0 aliphatic carbocycles. The highest BCUT2D eigenvalue weighted by Gasteiger charge is 2.34. The summed E-state index contributed by atoms with van der Waals surface area (Å²) in [5, 5.41) is 0.0249. The standard InChI is InChI=1S/C21H19F3N2OS/c1-13-8-9-17(10-15(13)3)27-19-11-18(21(22,23)24)25-20(26-19)28-12-16-7-5-4-6-14(16)2/h4-11H,12H2,1-3H3. The van der Waals surface area contributed by atoms with Crippen molar-refractivity contribution >= 4 is 11.8 Å². The summed E-state index contributed by atoms with van der Waals surface area (Å²) in [4.78, 5) is 7.84. The summed E-state index contributed by atoms with van der Waals surface area (Å²) < 4.78 is 45.4. The Hall–Kier alpha value is -2.54. The van der Waals surface area contributed by atoms with E-state index in [1.807, 2.05) is 51.1 Å². The van der Waals surface area contributed by atoms with Gasteiger partial charge in [-0.1, -0.05) is 42.1 Å². The van der Waals surface area contributed by atoms with E-state index in [2.05, 4.69) is 9.97 Å². The molecule has 3 aromatic rings. The maximum absolute atomic E-state index is 13.3. The predicted molar refractivity (Wildman–Crippen MR) is 104 cm³/mol. The van der Waals surface area contributed by atoms with Gasteiger partial charge in [-0.05, 0) is 55.2 Å². The summed E-state index contributed by atoms with van der Waals surface area (Å²) >= 11 is 1.15. The molecule has 1 heterocycles. The number of rotatable bonds is 5. The molecule has 0 spiro atoms. The SMILES string of the molecule is Cc1ccc(Oc2cc(C(F)(F)F)nc(SCc3ccccc3C)n2)cc1C. The number of alkyl halides is 3. The van der Waals surface area contributed by atoms with Gasteiger partial charge < -0.3 is 4.74 Å². The quantitative estimate of drug-likeness (QED) is 0.359. The molecular weight excluding hydrogens is 385 g/mol. The monoisotopic (exact) mass is 404 g/mol. The Kier molecular flexibility index (Phi) is 5.93. The highest BCUT2D eigenvalue weighted by atomic mass is 32.2. The number of thioether (sulfide) groups is 1. The van der Waals surface area contributed by atoms with Crippen molar-refractivity contribution in [3.8, 4) is 11.6 Å². The molecule has 0 bridgehead atoms. The lowest BCUT2D eigenvalue weighted by Crippen LogP contribution is -2.10. The number of aryl methyl sites for hydroxylation is 3. The minimum atomic E-state index is -4.58. The Bertz CT molecular complexity index is 990. The van der Waals surface area contributed by atoms with E-state index in [9.17, 15) is 13.2 Å². The molecule has 3 nitrogen and oxygen atoms in total. The second-order valence-electron chi connectivity index (χ2n) is 6.44. The van der Waals surface area contributed by atoms with Crippen molar-refractivity contribution in [2.45, 2.75) is 37.9 Å². The van der Waals surface area contributed by atoms with Gasteiger partial charge in [-0.15, -0.1) is 0 Å². The van der Waals surface area contributed by atoms with Crippen LogP contribution >= 0.6 is 11.8 Å². The topological polar surface area (TPSA) is 35.0 Å². The molecule has 0 unspecified atom stereocenters. The number of aromatic nitrogens is 2. The van der Waals surface area contributed by atoms with Gasteiger partial charge in [0.05, 0.1) is 0 Å². The lowest BCUT2D eigenvalue weighted by Gasteiger charge is -2.12. The Balaban J connectivity index is 1.88. The van der Waals surface area contributed by atoms with Gasteiger partial charge in [-0.2, -0.15) is 18.2 Å². The van der Waals surface area contributed by atoms with Crippen molar-refractivity contribution in [2.75, 3.05) is 0 Å². The van der Waals surface area contributed by atoms with Crippen LogP contribution in [0.5, 0.6) is 11.6 Å². The van der Waals surface area contributed by atoms with Crippen LogP contribution in [0.3, 0.4) is 0 Å². The molecule has 0 saturated heterocycles. The second kappa shape index (κ2) is 8.22. The molecule has 1 aromatic heterocycles. The molecule has 7 heteroatoms. The maximum Gasteiger partial charge on any atom is 0.433 e. The fourth-order valence-electron chi connectivity index (χ4n) is 2.48. The molecular formula is C21H19F3N2OS. The van der Waals surface area contributed by atoms with Gasteiger partial charge in [0.15, 0.2) is 10.9 Å². The summed E-state index contributed by atoms with van der Waals surface area (Å²) in [7, 11) is 0. The maximum atomic E-state index is 13.3. The largest absolute Gasteiger partial charge is 0.439 e. The normalized spacial score (nSPS) is 11.5. The van der Waals surface area contributed by atoms with E-state index in [4.69, 9.17) is 4.74 Å². The first-order valence-corrected chi connectivity index (χ1v) is 9.59. The molecule has 2 aromatic carbocycles. The number of hydrogen-bond acceptors (Lipinski definition) is 4. The van der Waals surface area contributed by atoms with Gasteiger partial charge in [0.25, 0.3) is 0 Å². The lowest BCUT2D eigenvalue weighted by atomic mass is 10.1. The summed E-state index contributed by atoms with van der Waals surface area (Å²) in [5.74, 6) is 0.777. The van der Waals surface area contributed by atoms with Crippen LogP contribution in [0.2, 0.25) is 0 Å². The van der Waals surface area contributed by atoms with E-state index in [-0.39, 0.29) is 11.0 Å². The van der Waals surface area contributed by atoms with Crippen LogP contribution in [0.4, 0.5) is 13.2 Å². The van der Waals surface area contributed by atoms with E-state index in [0.717, 1.165) is 40.1 Å². The van der Waals surface area contributed by atoms with Crippen LogP contribution in [-0.4, -0.2) is 9.97 Å². The predicted octanol–water partition coefficient (Wildman–Crippen LogP) is 6.51. The van der Waals surface area contributed by atoms with E-state index < -0.39 is 11.9 Å². The summed E-state index contributed by atoms with van der Waals surface area (Å²) in [6.07, 6.45) is -4.58. The minimum Gasteiger partial charge on any atom is -0.439 e. The van der Waals surface area contributed by atoms with Crippen molar-refractivity contribution in [2.24, 2.45) is 0 Å². The molecule has 28 heavy (non-hydrogen) atoms. The van der Waals surface area contributed by atoms with Crippen LogP contribution in [0.25, 0.3) is 0 Å². The van der Waals surface area contributed by atoms with Crippen molar-refractivity contribution in [1.29, 1.82) is 0 Å². The third-order valence-electron chi connectivity index (χ3n) is 4.29. The fraction of sp³-hybridized carbons (Fsp3) is 0.238. The molecule has 0 aliphatic rings. The molecule has 0 aliphatic heterocycles. The van der Waals surface area contributed by atoms with E-state index in [1.54, 1.807) is 12.1 Å². The van der Waals surface area contributed by atoms with E-state index in [1.165, 1.54) is 0 Å². The summed E-state index contributed by atoms with van der Waals surface area (Å²) in [6.45, 7) is 5.82. The smallest absolute Gasteiger partial charge is 0.433 e. The molecule has 0 fully saturated rings. The molecule has 0 saturated carbocycles. The Morgan fingerprint density at radius 2 is 1.64 bits per heavy atom. The first kappa shape index (κ1) is 20.2. The van der Waals surface area contributed by atoms with E-state index in [0.29, 0.717) is 11.5 Å². The molecule has 3 rings (SSSR count). The van der Waals surface area contributed by atoms with Crippen molar-refractivity contribution in [3.63, 3.8) is 0 Å². The number of halogens is 3. The van der Waals surface area contributed by atoms with Gasteiger partial charge >= 0.3 is 6.18 Å². The van der Waals surface area contributed by atoms with Crippen LogP contribution in [-0.2, 0) is 11.9 Å². The van der Waals surface area contributed by atoms with Crippen molar-refractivity contribution in [1.82, 2.24) is 9.97 Å². The number of nitrogens with zero attached hydrogens (tertiary/aromatic N) is 2. The zero-order valence-corrected chi connectivity index (χ0v) is 16.5. The van der Waals surface area contributed by atoms with Crippen LogP contribution < -0.4 is 4.74 Å². The van der Waals surface area contributed by atoms with Gasteiger partial charge in [0.1, 0.15) is 5.75 Å². The Morgan fingerprint density at radius 1 is 0.893 bits per heavy atom. The summed E-state index contributed by atoms with van der Waals surface area (Å²) in [5.41, 5.74) is 3.12. The van der Waals surface area contributed by atoms with E-state index >= 15 is 0 Å². The van der Waals surface area contributed by atoms with Crippen LogP contribution in [0.1, 0.15) is 27.9 Å². The van der Waals surface area contributed by atoms with Gasteiger partial charge in [0, 0.05) is 11.8 Å². The first-order valence-electron chi connectivity index (χ1n) is 8.61. The zero-order chi connectivity index (χ0) is 20.3. The van der Waals surface area contributed by atoms with Crippen LogP contribution in [0, 0.1) is 20.8 Å². The highest BCUT2D eigenvalue weighted by Crippen LogP contribution is 2.33. The molecule has 0 radical (unpaired) electrons. The Morgan fingerprint density at radius 3 is 2.32 bits per heavy atom. The average Bonchev–Trinajstić information content (AvgIpc) is 2.63. The van der Waals surface area contributed by atoms with Gasteiger partial charge in [0.2, 0.25) is 5.88 Å². The average molecular weight is 404 g/mol. The van der Waals surface area contributed by atoms with Crippen LogP contribution in [0.15, 0.2) is 53.7 Å². The summed E-state index contributed by atoms with van der Waals surface area (Å²) in [6, 6.07) is 13.9. The Labute approximate surface area is 166 Å². The fourth-order valence-corrected chi connectivity index (χ4v) is 3.40. The number of benzene rings is 2. The zero-order valence-electron chi connectivity index (χ0n) is 15.7. The second-order valence-corrected chi connectivity index (χ2v) is 7.38. The molecule has 146 valence electrons. The lowest BCUT2D eigenvalue weighted by molar-refractivity contribution is -0.141. The number of hydrogen-bond donors (Lipinski definition) is 0. The molecule has 0 amide bonds. The molecule has 0 atom stereocenters. The highest BCUT2D eigenvalue weighted by molar-refractivity contribution is 7.98. The third-order valence-corrected chi connectivity index (χ3v) is 5.19. The van der Waals surface area contributed by atoms with Gasteiger partial charge in [-0.3, -0.25) is 0 Å². The number of ether oxygens (including phenoxy) is 1. The van der Waals surface area contributed by atoms with Crippen molar-refractivity contribution in [3.05, 3.63) is 76.5 Å². The van der Waals surface area contributed by atoms with Gasteiger partial charge in [-0.25, -0.2) is 4.98 Å². The minimum absolute atomic E-state index is 0.0249. The van der Waals surface area contributed by atoms with Crippen molar-refractivity contribution < 1.29 is 17.9 Å².